The first-order valence-corrected chi connectivity index (χ1v) is 11.6. The van der Waals surface area contributed by atoms with Crippen molar-refractivity contribution in [3.63, 3.8) is 0 Å². The van der Waals surface area contributed by atoms with Crippen LogP contribution < -0.4 is 5.73 Å². The summed E-state index contributed by atoms with van der Waals surface area (Å²) in [6.07, 6.45) is -0.561. The number of rotatable bonds is 4. The van der Waals surface area contributed by atoms with Gasteiger partial charge in [-0.25, -0.2) is 8.42 Å². The fourth-order valence-corrected chi connectivity index (χ4v) is 6.49. The lowest BCUT2D eigenvalue weighted by Crippen LogP contribution is -2.42. The maximum Gasteiger partial charge on any atom is 0.259 e. The summed E-state index contributed by atoms with van der Waals surface area (Å²) in [4.78, 5) is 12.6. The standard InChI is InChI=1S/C19H17BrN2O4S2/c20-12-4-3-5-13(10-12)28(24,25)22-8-9-26-15(11-22)17-14-6-1-2-7-16(14)27-18(17)19(21)23/h1-7,10,15H,8-9,11H2,(H2,21,23)/t15-/m0/s1. The van der Waals surface area contributed by atoms with Gasteiger partial charge in [0.25, 0.3) is 5.91 Å². The first-order chi connectivity index (χ1) is 13.4. The summed E-state index contributed by atoms with van der Waals surface area (Å²) >= 11 is 4.62. The number of nitrogens with zero attached hydrogens (tertiary/aromatic N) is 1. The van der Waals surface area contributed by atoms with E-state index in [9.17, 15) is 13.2 Å². The Morgan fingerprint density at radius 2 is 2.00 bits per heavy atom. The number of carbonyl (C=O) groups is 1. The molecule has 6 nitrogen and oxygen atoms in total. The molecule has 0 unspecified atom stereocenters. The molecule has 4 rings (SSSR count). The highest BCUT2D eigenvalue weighted by molar-refractivity contribution is 9.10. The topological polar surface area (TPSA) is 89.7 Å². The van der Waals surface area contributed by atoms with Crippen molar-refractivity contribution in [1.29, 1.82) is 0 Å². The average Bonchev–Trinajstić information content (AvgIpc) is 3.08. The quantitative estimate of drug-likeness (QED) is 0.618. The van der Waals surface area contributed by atoms with Gasteiger partial charge in [-0.3, -0.25) is 4.79 Å². The summed E-state index contributed by atoms with van der Waals surface area (Å²) in [7, 11) is -3.68. The molecule has 1 saturated heterocycles. The molecule has 9 heteroatoms. The zero-order chi connectivity index (χ0) is 19.9. The van der Waals surface area contributed by atoms with E-state index >= 15 is 0 Å². The largest absolute Gasteiger partial charge is 0.371 e. The van der Waals surface area contributed by atoms with Gasteiger partial charge in [0.1, 0.15) is 0 Å². The maximum absolute atomic E-state index is 13.1. The van der Waals surface area contributed by atoms with Crippen molar-refractivity contribution in [2.24, 2.45) is 5.73 Å². The lowest BCUT2D eigenvalue weighted by Gasteiger charge is -2.32. The van der Waals surface area contributed by atoms with Crippen LogP contribution in [0.5, 0.6) is 0 Å². The Labute approximate surface area is 175 Å². The summed E-state index contributed by atoms with van der Waals surface area (Å²) in [5, 5.41) is 0.869. The van der Waals surface area contributed by atoms with Crippen LogP contribution in [0.1, 0.15) is 21.3 Å². The van der Waals surface area contributed by atoms with Gasteiger partial charge in [0.15, 0.2) is 0 Å². The fourth-order valence-electron chi connectivity index (χ4n) is 3.36. The van der Waals surface area contributed by atoms with E-state index in [0.717, 1.165) is 10.1 Å². The van der Waals surface area contributed by atoms with Crippen molar-refractivity contribution in [2.75, 3.05) is 19.7 Å². The van der Waals surface area contributed by atoms with Crippen LogP contribution in [0.2, 0.25) is 0 Å². The molecule has 1 aliphatic heterocycles. The highest BCUT2D eigenvalue weighted by Gasteiger charge is 2.34. The second kappa shape index (κ2) is 7.57. The van der Waals surface area contributed by atoms with E-state index in [1.165, 1.54) is 15.6 Å². The van der Waals surface area contributed by atoms with E-state index in [2.05, 4.69) is 15.9 Å². The van der Waals surface area contributed by atoms with E-state index in [0.29, 0.717) is 14.9 Å². The van der Waals surface area contributed by atoms with Crippen LogP contribution in [0.3, 0.4) is 0 Å². The lowest BCUT2D eigenvalue weighted by atomic mass is 10.0. The number of hydrogen-bond donors (Lipinski definition) is 1. The highest BCUT2D eigenvalue weighted by atomic mass is 79.9. The summed E-state index contributed by atoms with van der Waals surface area (Å²) in [5.74, 6) is -0.535. The van der Waals surface area contributed by atoms with Gasteiger partial charge < -0.3 is 10.5 Å². The van der Waals surface area contributed by atoms with Gasteiger partial charge in [-0.05, 0) is 29.7 Å². The van der Waals surface area contributed by atoms with E-state index in [1.807, 2.05) is 24.3 Å². The van der Waals surface area contributed by atoms with Crippen LogP contribution in [0.25, 0.3) is 10.1 Å². The molecule has 146 valence electrons. The van der Waals surface area contributed by atoms with Gasteiger partial charge in [0, 0.05) is 27.8 Å². The van der Waals surface area contributed by atoms with Crippen LogP contribution in [-0.4, -0.2) is 38.3 Å². The van der Waals surface area contributed by atoms with E-state index in [1.54, 1.807) is 24.3 Å². The third-order valence-electron chi connectivity index (χ3n) is 4.64. The molecule has 1 aromatic heterocycles. The molecule has 0 spiro atoms. The SMILES string of the molecule is NC(=O)c1sc2ccccc2c1[C@@H]1CN(S(=O)(=O)c2cccc(Br)c2)CCO1. The molecule has 2 heterocycles. The van der Waals surface area contributed by atoms with E-state index in [4.69, 9.17) is 10.5 Å². The number of carbonyl (C=O) groups excluding carboxylic acids is 1. The molecule has 1 fully saturated rings. The van der Waals surface area contributed by atoms with Crippen molar-refractivity contribution >= 4 is 53.3 Å². The number of sulfonamides is 1. The molecule has 0 radical (unpaired) electrons. The predicted octanol–water partition coefficient (Wildman–Crippen LogP) is 3.52. The molecule has 1 atom stereocenters. The number of primary amides is 1. The zero-order valence-corrected chi connectivity index (χ0v) is 17.9. The summed E-state index contributed by atoms with van der Waals surface area (Å²) in [5.41, 5.74) is 6.26. The number of ether oxygens (including phenoxy) is 1. The van der Waals surface area contributed by atoms with Crippen molar-refractivity contribution in [3.8, 4) is 0 Å². The Morgan fingerprint density at radius 3 is 2.75 bits per heavy atom. The molecule has 3 aromatic rings. The minimum absolute atomic E-state index is 0.121. The Kier molecular flexibility index (Phi) is 5.28. The third kappa shape index (κ3) is 3.48. The van der Waals surface area contributed by atoms with Crippen LogP contribution in [0.15, 0.2) is 57.9 Å². The summed E-state index contributed by atoms with van der Waals surface area (Å²) < 4.78 is 35.1. The van der Waals surface area contributed by atoms with Gasteiger partial charge in [0.05, 0.1) is 22.5 Å². The number of nitrogens with two attached hydrogens (primary N) is 1. The number of benzene rings is 2. The second-order valence-corrected chi connectivity index (χ2v) is 10.3. The average molecular weight is 481 g/mol. The van der Waals surface area contributed by atoms with Crippen molar-refractivity contribution in [2.45, 2.75) is 11.0 Å². The number of amides is 1. The van der Waals surface area contributed by atoms with Gasteiger partial charge in [0.2, 0.25) is 10.0 Å². The molecule has 1 amide bonds. The monoisotopic (exact) mass is 480 g/mol. The van der Waals surface area contributed by atoms with Gasteiger partial charge in [-0.2, -0.15) is 4.31 Å². The smallest absolute Gasteiger partial charge is 0.259 e. The fraction of sp³-hybridized carbons (Fsp3) is 0.211. The van der Waals surface area contributed by atoms with Crippen LogP contribution >= 0.6 is 27.3 Å². The first-order valence-electron chi connectivity index (χ1n) is 8.56. The van der Waals surface area contributed by atoms with Crippen molar-refractivity contribution < 1.29 is 17.9 Å². The zero-order valence-electron chi connectivity index (χ0n) is 14.7. The number of morpholine rings is 1. The molecule has 2 N–H and O–H groups in total. The normalized spacial score (nSPS) is 18.4. The molecular formula is C19H17BrN2O4S2. The number of thiophene rings is 1. The lowest BCUT2D eigenvalue weighted by molar-refractivity contribution is -0.00188. The number of halogens is 1. The third-order valence-corrected chi connectivity index (χ3v) is 8.20. The Bertz CT molecular complexity index is 1160. The first kappa shape index (κ1) is 19.5. The minimum Gasteiger partial charge on any atom is -0.371 e. The number of fused-ring (bicyclic) bond motifs is 1. The Morgan fingerprint density at radius 1 is 1.21 bits per heavy atom. The van der Waals surface area contributed by atoms with Crippen LogP contribution in [-0.2, 0) is 14.8 Å². The van der Waals surface area contributed by atoms with Gasteiger partial charge in [-0.1, -0.05) is 40.2 Å². The maximum atomic E-state index is 13.1. The summed E-state index contributed by atoms with van der Waals surface area (Å²) in [6, 6.07) is 14.2. The predicted molar refractivity (Wildman–Crippen MR) is 112 cm³/mol. The van der Waals surface area contributed by atoms with Gasteiger partial charge >= 0.3 is 0 Å². The Hall–Kier alpha value is -1.78. The van der Waals surface area contributed by atoms with E-state index in [-0.39, 0.29) is 24.6 Å². The van der Waals surface area contributed by atoms with Crippen molar-refractivity contribution in [1.82, 2.24) is 4.31 Å². The molecule has 1 aliphatic rings. The number of hydrogen-bond acceptors (Lipinski definition) is 5. The van der Waals surface area contributed by atoms with Crippen molar-refractivity contribution in [3.05, 3.63) is 63.4 Å². The molecule has 0 bridgehead atoms. The molecule has 2 aromatic carbocycles. The van der Waals surface area contributed by atoms with Gasteiger partial charge in [-0.15, -0.1) is 11.3 Å². The molecule has 0 aliphatic carbocycles. The van der Waals surface area contributed by atoms with Crippen LogP contribution in [0.4, 0.5) is 0 Å². The highest BCUT2D eigenvalue weighted by Crippen LogP contribution is 2.38. The molecular weight excluding hydrogens is 464 g/mol. The molecule has 28 heavy (non-hydrogen) atoms. The second-order valence-electron chi connectivity index (χ2n) is 6.39. The minimum atomic E-state index is -3.68. The molecule has 0 saturated carbocycles. The summed E-state index contributed by atoms with van der Waals surface area (Å²) in [6.45, 7) is 0.607. The van der Waals surface area contributed by atoms with Crippen LogP contribution in [0, 0.1) is 0 Å². The van der Waals surface area contributed by atoms with E-state index < -0.39 is 22.0 Å². The Balaban J connectivity index is 1.73.